The van der Waals surface area contributed by atoms with Crippen LogP contribution < -0.4 is 5.43 Å². The number of carbonyl (C=O) groups is 1. The summed E-state index contributed by atoms with van der Waals surface area (Å²) in [5, 5.41) is 5.73. The van der Waals surface area contributed by atoms with Crippen LogP contribution in [0.1, 0.15) is 15.9 Å². The van der Waals surface area contributed by atoms with Crippen LogP contribution in [0.3, 0.4) is 0 Å². The van der Waals surface area contributed by atoms with Gasteiger partial charge in [-0.3, -0.25) is 4.79 Å². The molecule has 0 heterocycles. The molecule has 3 aromatic carbocycles. The summed E-state index contributed by atoms with van der Waals surface area (Å²) in [6, 6.07) is 19.1. The second kappa shape index (κ2) is 6.18. The largest absolute Gasteiger partial charge is 0.271 e. The zero-order valence-corrected chi connectivity index (χ0v) is 11.7. The van der Waals surface area contributed by atoms with Gasteiger partial charge in [-0.2, -0.15) is 5.10 Å². The van der Waals surface area contributed by atoms with Crippen molar-refractivity contribution in [2.24, 2.45) is 5.10 Å². The van der Waals surface area contributed by atoms with Crippen LogP contribution in [-0.4, -0.2) is 12.1 Å². The molecule has 0 fully saturated rings. The van der Waals surface area contributed by atoms with Crippen LogP contribution in [0.25, 0.3) is 10.8 Å². The molecule has 3 nitrogen and oxygen atoms in total. The first-order valence-electron chi connectivity index (χ1n) is 6.81. The van der Waals surface area contributed by atoms with Gasteiger partial charge in [0.05, 0.1) is 6.21 Å². The number of hydrogen-bond donors (Lipinski definition) is 1. The van der Waals surface area contributed by atoms with Crippen LogP contribution in [0, 0.1) is 5.82 Å². The van der Waals surface area contributed by atoms with Crippen molar-refractivity contribution in [3.05, 3.63) is 83.7 Å². The van der Waals surface area contributed by atoms with E-state index in [9.17, 15) is 9.18 Å². The monoisotopic (exact) mass is 292 g/mol. The van der Waals surface area contributed by atoms with E-state index >= 15 is 0 Å². The highest BCUT2D eigenvalue weighted by Gasteiger charge is 2.08. The van der Waals surface area contributed by atoms with Gasteiger partial charge in [0.1, 0.15) is 5.82 Å². The molecule has 0 bridgehead atoms. The van der Waals surface area contributed by atoms with Gasteiger partial charge in [-0.05, 0) is 34.5 Å². The van der Waals surface area contributed by atoms with E-state index in [1.54, 1.807) is 18.2 Å². The molecule has 4 heteroatoms. The summed E-state index contributed by atoms with van der Waals surface area (Å²) < 4.78 is 13.0. The van der Waals surface area contributed by atoms with Crippen molar-refractivity contribution in [1.29, 1.82) is 0 Å². The van der Waals surface area contributed by atoms with Crippen molar-refractivity contribution < 1.29 is 9.18 Å². The van der Waals surface area contributed by atoms with Crippen molar-refractivity contribution in [3.63, 3.8) is 0 Å². The Morgan fingerprint density at radius 2 is 1.77 bits per heavy atom. The standard InChI is InChI=1S/C18H13FN2O/c19-15-8-3-5-13(11-15)12-20-21-18(22)17-10-4-7-14-6-1-2-9-16(14)17/h1-12H,(H,21,22)/b20-12+. The Morgan fingerprint density at radius 1 is 1.00 bits per heavy atom. The summed E-state index contributed by atoms with van der Waals surface area (Å²) >= 11 is 0. The number of hydrogen-bond acceptors (Lipinski definition) is 2. The Hall–Kier alpha value is -3.01. The fraction of sp³-hybridized carbons (Fsp3) is 0. The van der Waals surface area contributed by atoms with Crippen LogP contribution in [0.5, 0.6) is 0 Å². The van der Waals surface area contributed by atoms with Crippen molar-refractivity contribution in [3.8, 4) is 0 Å². The van der Waals surface area contributed by atoms with Crippen LogP contribution >= 0.6 is 0 Å². The van der Waals surface area contributed by atoms with Gasteiger partial charge in [0.2, 0.25) is 0 Å². The van der Waals surface area contributed by atoms with Gasteiger partial charge in [-0.25, -0.2) is 9.82 Å². The average Bonchev–Trinajstić information content (AvgIpc) is 2.54. The molecule has 3 rings (SSSR count). The molecular weight excluding hydrogens is 279 g/mol. The number of amides is 1. The Kier molecular flexibility index (Phi) is 3.92. The lowest BCUT2D eigenvalue weighted by Crippen LogP contribution is -2.17. The molecule has 0 aromatic heterocycles. The van der Waals surface area contributed by atoms with E-state index < -0.39 is 0 Å². The molecule has 0 saturated carbocycles. The molecule has 22 heavy (non-hydrogen) atoms. The van der Waals surface area contributed by atoms with Crippen molar-refractivity contribution in [1.82, 2.24) is 5.43 Å². The molecule has 0 spiro atoms. The number of fused-ring (bicyclic) bond motifs is 1. The molecule has 0 unspecified atom stereocenters. The normalized spacial score (nSPS) is 11.0. The molecule has 1 N–H and O–H groups in total. The lowest BCUT2D eigenvalue weighted by molar-refractivity contribution is 0.0957. The number of hydrazone groups is 1. The molecule has 0 aliphatic rings. The lowest BCUT2D eigenvalue weighted by atomic mass is 10.0. The van der Waals surface area contributed by atoms with Gasteiger partial charge in [0.15, 0.2) is 0 Å². The van der Waals surface area contributed by atoms with E-state index in [4.69, 9.17) is 0 Å². The first-order chi connectivity index (χ1) is 10.7. The summed E-state index contributed by atoms with van der Waals surface area (Å²) in [5.74, 6) is -0.645. The Morgan fingerprint density at radius 3 is 2.64 bits per heavy atom. The Bertz CT molecular complexity index is 853. The zero-order chi connectivity index (χ0) is 15.4. The second-order valence-electron chi connectivity index (χ2n) is 4.78. The van der Waals surface area contributed by atoms with Crippen LogP contribution in [0.2, 0.25) is 0 Å². The average molecular weight is 292 g/mol. The smallest absolute Gasteiger partial charge is 0.267 e. The van der Waals surface area contributed by atoms with E-state index in [0.29, 0.717) is 11.1 Å². The molecular formula is C18H13FN2O. The third-order valence-corrected chi connectivity index (χ3v) is 3.26. The first-order valence-corrected chi connectivity index (χ1v) is 6.81. The third-order valence-electron chi connectivity index (χ3n) is 3.26. The number of nitrogens with zero attached hydrogens (tertiary/aromatic N) is 1. The number of rotatable bonds is 3. The molecule has 0 saturated heterocycles. The maximum atomic E-state index is 13.0. The molecule has 1 amide bonds. The van der Waals surface area contributed by atoms with Crippen molar-refractivity contribution >= 4 is 22.9 Å². The van der Waals surface area contributed by atoms with Gasteiger partial charge < -0.3 is 0 Å². The second-order valence-corrected chi connectivity index (χ2v) is 4.78. The molecule has 0 aliphatic heterocycles. The number of halogens is 1. The molecule has 108 valence electrons. The minimum atomic E-state index is -0.343. The van der Waals surface area contributed by atoms with E-state index in [1.807, 2.05) is 36.4 Å². The minimum Gasteiger partial charge on any atom is -0.267 e. The number of nitrogens with one attached hydrogen (secondary N) is 1. The summed E-state index contributed by atoms with van der Waals surface area (Å²) in [5.41, 5.74) is 3.60. The Labute approximate surface area is 127 Å². The predicted octanol–water partition coefficient (Wildman–Crippen LogP) is 3.74. The first kappa shape index (κ1) is 13.9. The topological polar surface area (TPSA) is 41.5 Å². The van der Waals surface area contributed by atoms with Crippen molar-refractivity contribution in [2.45, 2.75) is 0 Å². The molecule has 3 aromatic rings. The van der Waals surface area contributed by atoms with Gasteiger partial charge in [0, 0.05) is 5.56 Å². The summed E-state index contributed by atoms with van der Waals surface area (Å²) in [6.07, 6.45) is 1.41. The zero-order valence-electron chi connectivity index (χ0n) is 11.7. The lowest BCUT2D eigenvalue weighted by Gasteiger charge is -2.04. The van der Waals surface area contributed by atoms with Gasteiger partial charge in [-0.15, -0.1) is 0 Å². The van der Waals surface area contributed by atoms with Crippen molar-refractivity contribution in [2.75, 3.05) is 0 Å². The predicted molar refractivity (Wildman–Crippen MR) is 85.4 cm³/mol. The SMILES string of the molecule is O=C(N/N=C/c1cccc(F)c1)c1cccc2ccccc12. The summed E-state index contributed by atoms with van der Waals surface area (Å²) in [6.45, 7) is 0. The third kappa shape index (κ3) is 3.01. The van der Waals surface area contributed by atoms with Gasteiger partial charge in [0.25, 0.3) is 5.91 Å². The number of carbonyl (C=O) groups excluding carboxylic acids is 1. The fourth-order valence-electron chi connectivity index (χ4n) is 2.24. The summed E-state index contributed by atoms with van der Waals surface area (Å²) in [7, 11) is 0. The molecule has 0 radical (unpaired) electrons. The van der Waals surface area contributed by atoms with E-state index in [2.05, 4.69) is 10.5 Å². The molecule has 0 atom stereocenters. The van der Waals surface area contributed by atoms with Gasteiger partial charge in [-0.1, -0.05) is 48.5 Å². The van der Waals surface area contributed by atoms with Gasteiger partial charge >= 0.3 is 0 Å². The fourth-order valence-corrected chi connectivity index (χ4v) is 2.24. The van der Waals surface area contributed by atoms with E-state index in [1.165, 1.54) is 18.3 Å². The van der Waals surface area contributed by atoms with E-state index in [0.717, 1.165) is 10.8 Å². The molecule has 0 aliphatic carbocycles. The minimum absolute atomic E-state index is 0.301. The van der Waals surface area contributed by atoms with Crippen LogP contribution in [-0.2, 0) is 0 Å². The maximum Gasteiger partial charge on any atom is 0.271 e. The highest BCUT2D eigenvalue weighted by Crippen LogP contribution is 2.18. The van der Waals surface area contributed by atoms with E-state index in [-0.39, 0.29) is 11.7 Å². The van der Waals surface area contributed by atoms with Crippen LogP contribution in [0.4, 0.5) is 4.39 Å². The Balaban J connectivity index is 1.79. The summed E-state index contributed by atoms with van der Waals surface area (Å²) in [4.78, 5) is 12.2. The maximum absolute atomic E-state index is 13.0. The van der Waals surface area contributed by atoms with Crippen LogP contribution in [0.15, 0.2) is 71.8 Å². The highest BCUT2D eigenvalue weighted by atomic mass is 19.1. The quantitative estimate of drug-likeness (QED) is 0.580. The highest BCUT2D eigenvalue weighted by molar-refractivity contribution is 6.07. The number of benzene rings is 3.